The average molecular weight is 472 g/mol. The van der Waals surface area contributed by atoms with E-state index in [9.17, 15) is 9.59 Å². The van der Waals surface area contributed by atoms with Crippen LogP contribution in [0.5, 0.6) is 5.75 Å². The van der Waals surface area contributed by atoms with E-state index >= 15 is 0 Å². The predicted octanol–water partition coefficient (Wildman–Crippen LogP) is 5.93. The highest BCUT2D eigenvalue weighted by Crippen LogP contribution is 2.46. The first kappa shape index (κ1) is 23.4. The van der Waals surface area contributed by atoms with Gasteiger partial charge in [-0.25, -0.2) is 4.79 Å². The van der Waals surface area contributed by atoms with Gasteiger partial charge in [-0.1, -0.05) is 48.9 Å². The zero-order valence-corrected chi connectivity index (χ0v) is 20.5. The highest BCUT2D eigenvalue weighted by molar-refractivity contribution is 6.04. The maximum absolute atomic E-state index is 13.7. The summed E-state index contributed by atoms with van der Waals surface area (Å²) in [6.07, 6.45) is 6.27. The maximum Gasteiger partial charge on any atom is 0.337 e. The van der Waals surface area contributed by atoms with Crippen LogP contribution in [0.2, 0.25) is 0 Å². The fourth-order valence-electron chi connectivity index (χ4n) is 5.82. The van der Waals surface area contributed by atoms with Gasteiger partial charge >= 0.3 is 5.97 Å². The van der Waals surface area contributed by atoms with Gasteiger partial charge < -0.3 is 14.8 Å². The van der Waals surface area contributed by atoms with Gasteiger partial charge in [0.25, 0.3) is 0 Å². The van der Waals surface area contributed by atoms with E-state index < -0.39 is 5.92 Å². The SMILES string of the molecule is COc1cccc([C@@H]2C(C(=O)OC3CCCCC3)=C(C)NC3=C2C(=O)C[C@@H](c2ccccc2)C3)c1. The highest BCUT2D eigenvalue weighted by Gasteiger charge is 2.42. The Bertz CT molecular complexity index is 1170. The van der Waals surface area contributed by atoms with Crippen molar-refractivity contribution in [3.05, 3.63) is 88.3 Å². The normalized spacial score (nSPS) is 23.0. The zero-order valence-electron chi connectivity index (χ0n) is 20.5. The predicted molar refractivity (Wildman–Crippen MR) is 135 cm³/mol. The van der Waals surface area contributed by atoms with E-state index in [0.29, 0.717) is 23.3 Å². The lowest BCUT2D eigenvalue weighted by Gasteiger charge is -2.37. The first-order valence-electron chi connectivity index (χ1n) is 12.7. The Balaban J connectivity index is 1.54. The molecular formula is C30H33NO4. The quantitative estimate of drug-likeness (QED) is 0.548. The van der Waals surface area contributed by atoms with Crippen molar-refractivity contribution < 1.29 is 19.1 Å². The number of benzene rings is 2. The number of ether oxygens (including phenoxy) is 2. The Morgan fingerprint density at radius 1 is 0.943 bits per heavy atom. The molecule has 2 aromatic rings. The molecule has 0 aromatic heterocycles. The van der Waals surface area contributed by atoms with Gasteiger partial charge in [-0.15, -0.1) is 0 Å². The first-order chi connectivity index (χ1) is 17.0. The summed E-state index contributed by atoms with van der Waals surface area (Å²) in [4.78, 5) is 27.3. The molecule has 5 heteroatoms. The molecule has 0 unspecified atom stereocenters. The molecule has 2 atom stereocenters. The fraction of sp³-hybridized carbons (Fsp3) is 0.400. The number of carbonyl (C=O) groups excluding carboxylic acids is 2. The molecule has 2 aliphatic carbocycles. The van der Waals surface area contributed by atoms with Gasteiger partial charge in [0.05, 0.1) is 12.7 Å². The number of nitrogens with one attached hydrogen (secondary N) is 1. The third-order valence-electron chi connectivity index (χ3n) is 7.57. The number of dihydropyridines is 1. The molecule has 2 aromatic carbocycles. The summed E-state index contributed by atoms with van der Waals surface area (Å²) < 4.78 is 11.5. The summed E-state index contributed by atoms with van der Waals surface area (Å²) in [5.41, 5.74) is 4.94. The van der Waals surface area contributed by atoms with Crippen molar-refractivity contribution in [1.29, 1.82) is 0 Å². The molecule has 0 spiro atoms. The lowest BCUT2D eigenvalue weighted by atomic mass is 9.71. The summed E-state index contributed by atoms with van der Waals surface area (Å²) in [7, 11) is 1.63. The van der Waals surface area contributed by atoms with Gasteiger partial charge in [0.2, 0.25) is 0 Å². The summed E-state index contributed by atoms with van der Waals surface area (Å²) in [5.74, 6) is 0.104. The van der Waals surface area contributed by atoms with E-state index in [0.717, 1.165) is 54.6 Å². The number of methoxy groups -OCH3 is 1. The number of hydrogen-bond donors (Lipinski definition) is 1. The Morgan fingerprint density at radius 2 is 1.69 bits per heavy atom. The van der Waals surface area contributed by atoms with Crippen LogP contribution in [0.3, 0.4) is 0 Å². The lowest BCUT2D eigenvalue weighted by Crippen LogP contribution is -2.37. The van der Waals surface area contributed by atoms with Crippen molar-refractivity contribution in [2.75, 3.05) is 7.11 Å². The van der Waals surface area contributed by atoms with Crippen LogP contribution in [0, 0.1) is 0 Å². The maximum atomic E-state index is 13.7. The van der Waals surface area contributed by atoms with Crippen molar-refractivity contribution in [3.63, 3.8) is 0 Å². The molecule has 0 radical (unpaired) electrons. The Labute approximate surface area is 207 Å². The van der Waals surface area contributed by atoms with Crippen LogP contribution in [0.25, 0.3) is 0 Å². The summed E-state index contributed by atoms with van der Waals surface area (Å²) in [6.45, 7) is 1.92. The Hall–Kier alpha value is -3.34. The fourth-order valence-corrected chi connectivity index (χ4v) is 5.82. The summed E-state index contributed by atoms with van der Waals surface area (Å²) in [6, 6.07) is 17.9. The number of Topliss-reactive ketones (excluding diaryl/α,β-unsaturated/α-hetero) is 1. The number of carbonyl (C=O) groups is 2. The van der Waals surface area contributed by atoms with Crippen molar-refractivity contribution in [2.45, 2.75) is 69.8 Å². The third kappa shape index (κ3) is 4.77. The van der Waals surface area contributed by atoms with Crippen molar-refractivity contribution in [1.82, 2.24) is 5.32 Å². The second-order valence-corrected chi connectivity index (χ2v) is 9.87. The minimum atomic E-state index is -0.471. The van der Waals surface area contributed by atoms with Crippen molar-refractivity contribution >= 4 is 11.8 Å². The molecule has 0 bridgehead atoms. The lowest BCUT2D eigenvalue weighted by molar-refractivity contribution is -0.146. The smallest absolute Gasteiger partial charge is 0.337 e. The number of ketones is 1. The van der Waals surface area contributed by atoms with Gasteiger partial charge in [-0.2, -0.15) is 0 Å². The van der Waals surface area contributed by atoms with E-state index in [1.807, 2.05) is 49.4 Å². The van der Waals surface area contributed by atoms with Crippen LogP contribution in [-0.2, 0) is 14.3 Å². The van der Waals surface area contributed by atoms with E-state index in [-0.39, 0.29) is 23.8 Å². The molecule has 1 N–H and O–H groups in total. The van der Waals surface area contributed by atoms with Gasteiger partial charge in [0.15, 0.2) is 5.78 Å². The highest BCUT2D eigenvalue weighted by atomic mass is 16.5. The zero-order chi connectivity index (χ0) is 24.4. The third-order valence-corrected chi connectivity index (χ3v) is 7.57. The van der Waals surface area contributed by atoms with Crippen LogP contribution in [0.4, 0.5) is 0 Å². The number of allylic oxidation sites excluding steroid dienone is 3. The van der Waals surface area contributed by atoms with E-state index in [1.54, 1.807) is 7.11 Å². The second-order valence-electron chi connectivity index (χ2n) is 9.87. The first-order valence-corrected chi connectivity index (χ1v) is 12.7. The molecule has 0 amide bonds. The molecule has 5 rings (SSSR count). The standard InChI is InChI=1S/C30H33NO4/c1-19-27(30(33)35-23-13-7-4-8-14-23)28(21-12-9-15-24(16-21)34-2)29-25(31-19)17-22(18-26(29)32)20-10-5-3-6-11-20/h3,5-6,9-12,15-16,22-23,28,31H,4,7-8,13-14,17-18H2,1-2H3/t22-,28+/m0/s1. The van der Waals surface area contributed by atoms with Crippen molar-refractivity contribution in [2.24, 2.45) is 0 Å². The van der Waals surface area contributed by atoms with Gasteiger partial charge in [-0.3, -0.25) is 4.79 Å². The van der Waals surface area contributed by atoms with Gasteiger partial charge in [-0.05, 0) is 68.2 Å². The molecule has 1 heterocycles. The molecule has 35 heavy (non-hydrogen) atoms. The molecule has 3 aliphatic rings. The summed E-state index contributed by atoms with van der Waals surface area (Å²) >= 11 is 0. The minimum Gasteiger partial charge on any atom is -0.497 e. The topological polar surface area (TPSA) is 64.6 Å². The molecule has 1 fully saturated rings. The van der Waals surface area contributed by atoms with Crippen molar-refractivity contribution in [3.8, 4) is 5.75 Å². The molecule has 182 valence electrons. The molecular weight excluding hydrogens is 438 g/mol. The molecule has 0 saturated heterocycles. The Morgan fingerprint density at radius 3 is 2.43 bits per heavy atom. The van der Waals surface area contributed by atoms with Crippen LogP contribution in [0.1, 0.15) is 74.8 Å². The largest absolute Gasteiger partial charge is 0.497 e. The van der Waals surface area contributed by atoms with E-state index in [2.05, 4.69) is 17.4 Å². The Kier molecular flexibility index (Phi) is 6.76. The van der Waals surface area contributed by atoms with E-state index in [1.165, 1.54) is 6.42 Å². The average Bonchev–Trinajstić information content (AvgIpc) is 2.88. The summed E-state index contributed by atoms with van der Waals surface area (Å²) in [5, 5.41) is 3.45. The number of esters is 1. The van der Waals surface area contributed by atoms with Crippen LogP contribution in [-0.4, -0.2) is 25.0 Å². The van der Waals surface area contributed by atoms with Crippen LogP contribution < -0.4 is 10.1 Å². The van der Waals surface area contributed by atoms with Crippen LogP contribution in [0.15, 0.2) is 77.1 Å². The minimum absolute atomic E-state index is 0.0533. The van der Waals surface area contributed by atoms with Crippen LogP contribution >= 0.6 is 0 Å². The van der Waals surface area contributed by atoms with Gasteiger partial charge in [0, 0.05) is 29.3 Å². The molecule has 1 saturated carbocycles. The molecule has 5 nitrogen and oxygen atoms in total. The number of hydrogen-bond acceptors (Lipinski definition) is 5. The monoisotopic (exact) mass is 471 g/mol. The van der Waals surface area contributed by atoms with E-state index in [4.69, 9.17) is 9.47 Å². The molecule has 1 aliphatic heterocycles. The van der Waals surface area contributed by atoms with Gasteiger partial charge in [0.1, 0.15) is 11.9 Å². The number of rotatable bonds is 5. The second kappa shape index (κ2) is 10.1.